The Bertz CT molecular complexity index is 1110. The summed E-state index contributed by atoms with van der Waals surface area (Å²) in [5, 5.41) is 17.9. The van der Waals surface area contributed by atoms with Gasteiger partial charge in [-0.2, -0.15) is 0 Å². The van der Waals surface area contributed by atoms with E-state index in [1.807, 2.05) is 19.1 Å². The molecule has 6 nitrogen and oxygen atoms in total. The molecule has 5 rings (SSSR count). The van der Waals surface area contributed by atoms with Crippen molar-refractivity contribution in [3.63, 3.8) is 0 Å². The molecule has 0 radical (unpaired) electrons. The van der Waals surface area contributed by atoms with Crippen molar-refractivity contribution in [2.45, 2.75) is 32.6 Å². The van der Waals surface area contributed by atoms with Crippen molar-refractivity contribution in [2.75, 3.05) is 18.5 Å². The molecular formula is C24H25N3O3S. The lowest BCUT2D eigenvalue weighted by molar-refractivity contribution is 0.0934. The Morgan fingerprint density at radius 3 is 2.81 bits per heavy atom. The van der Waals surface area contributed by atoms with Crippen molar-refractivity contribution in [3.8, 4) is 11.5 Å². The van der Waals surface area contributed by atoms with E-state index in [0.29, 0.717) is 17.9 Å². The van der Waals surface area contributed by atoms with Crippen molar-refractivity contribution in [3.05, 3.63) is 75.7 Å². The first-order chi connectivity index (χ1) is 15.1. The number of anilines is 1. The monoisotopic (exact) mass is 435 g/mol. The Hall–Kier alpha value is -3.03. The number of amides is 1. The van der Waals surface area contributed by atoms with Gasteiger partial charge < -0.3 is 20.5 Å². The van der Waals surface area contributed by atoms with E-state index < -0.39 is 6.17 Å². The molecule has 3 N–H and O–H groups in total. The molecule has 0 aliphatic carbocycles. The molecule has 1 aromatic heterocycles. The third-order valence-electron chi connectivity index (χ3n) is 5.80. The average Bonchev–Trinajstić information content (AvgIpc) is 3.14. The van der Waals surface area contributed by atoms with Gasteiger partial charge in [0, 0.05) is 30.1 Å². The van der Waals surface area contributed by atoms with Gasteiger partial charge in [-0.15, -0.1) is 11.3 Å². The van der Waals surface area contributed by atoms with Gasteiger partial charge in [-0.3, -0.25) is 9.69 Å². The van der Waals surface area contributed by atoms with E-state index in [-0.39, 0.29) is 11.7 Å². The molecule has 0 unspecified atom stereocenters. The van der Waals surface area contributed by atoms with Crippen molar-refractivity contribution in [1.82, 2.24) is 10.2 Å². The quantitative estimate of drug-likeness (QED) is 0.558. The molecule has 0 saturated carbocycles. The number of hydrogen-bond donors (Lipinski definition) is 3. The van der Waals surface area contributed by atoms with Gasteiger partial charge in [-0.1, -0.05) is 42.5 Å². The second-order valence-corrected chi connectivity index (χ2v) is 8.94. The van der Waals surface area contributed by atoms with Gasteiger partial charge in [0.15, 0.2) is 11.5 Å². The molecule has 7 heteroatoms. The number of nitrogens with one attached hydrogen (secondary N) is 2. The van der Waals surface area contributed by atoms with Crippen LogP contribution in [0, 0.1) is 0 Å². The zero-order valence-electron chi connectivity index (χ0n) is 17.4. The lowest BCUT2D eigenvalue weighted by Crippen LogP contribution is -2.38. The molecule has 2 aliphatic heterocycles. The smallest absolute Gasteiger partial charge is 0.256 e. The molecule has 3 heterocycles. The maximum Gasteiger partial charge on any atom is 0.256 e. The number of ether oxygens (including phenoxy) is 1. The van der Waals surface area contributed by atoms with Crippen LogP contribution in [0.2, 0.25) is 0 Å². The molecule has 0 spiro atoms. The van der Waals surface area contributed by atoms with Crippen LogP contribution in [0.25, 0.3) is 0 Å². The zero-order valence-corrected chi connectivity index (χ0v) is 18.2. The first-order valence-corrected chi connectivity index (χ1v) is 11.4. The Morgan fingerprint density at radius 2 is 2.00 bits per heavy atom. The topological polar surface area (TPSA) is 73.8 Å². The molecule has 160 valence electrons. The lowest BCUT2D eigenvalue weighted by atomic mass is 9.99. The fraction of sp³-hybridized carbons (Fsp3) is 0.292. The Kier molecular flexibility index (Phi) is 5.29. The number of carbonyl (C=O) groups excluding carboxylic acids is 1. The van der Waals surface area contributed by atoms with Gasteiger partial charge in [0.1, 0.15) is 11.2 Å². The number of phenolic OH excluding ortho intramolecular Hbond substituents is 1. The third kappa shape index (κ3) is 3.75. The standard InChI is InChI=1S/C24H25N3O3S/c1-2-30-18-10-6-9-17(21(18)28)22-25-23(29)20-16-11-12-27(13-15-7-4-3-5-8-15)14-19(16)31-24(20)26-22/h3-10,22,26,28H,2,11-14H2,1H3,(H,25,29)/t22-/m0/s1. The number of fused-ring (bicyclic) bond motifs is 3. The lowest BCUT2D eigenvalue weighted by Gasteiger charge is -2.29. The van der Waals surface area contributed by atoms with Gasteiger partial charge in [0.05, 0.1) is 12.2 Å². The molecule has 2 aromatic carbocycles. The van der Waals surface area contributed by atoms with Crippen LogP contribution in [0.4, 0.5) is 5.00 Å². The number of nitrogens with zero attached hydrogens (tertiary/aromatic N) is 1. The molecule has 3 aromatic rings. The second kappa shape index (κ2) is 8.24. The Labute approximate surface area is 185 Å². The van der Waals surface area contributed by atoms with E-state index in [4.69, 9.17) is 4.74 Å². The fourth-order valence-corrected chi connectivity index (χ4v) is 5.66. The van der Waals surface area contributed by atoms with Crippen LogP contribution in [0.1, 0.15) is 45.0 Å². The van der Waals surface area contributed by atoms with E-state index in [0.717, 1.165) is 42.2 Å². The van der Waals surface area contributed by atoms with Crippen molar-refractivity contribution in [2.24, 2.45) is 0 Å². The van der Waals surface area contributed by atoms with Crippen molar-refractivity contribution < 1.29 is 14.6 Å². The minimum atomic E-state index is -0.499. The fourth-order valence-electron chi connectivity index (χ4n) is 4.35. The molecule has 0 fully saturated rings. The van der Waals surface area contributed by atoms with E-state index in [1.54, 1.807) is 23.5 Å². The van der Waals surface area contributed by atoms with E-state index >= 15 is 0 Å². The summed E-state index contributed by atoms with van der Waals surface area (Å²) in [5.74, 6) is 0.388. The number of hydrogen-bond acceptors (Lipinski definition) is 6. The van der Waals surface area contributed by atoms with Gasteiger partial charge in [-0.25, -0.2) is 0 Å². The largest absolute Gasteiger partial charge is 0.504 e. The summed E-state index contributed by atoms with van der Waals surface area (Å²) in [5.41, 5.74) is 3.81. The first-order valence-electron chi connectivity index (χ1n) is 10.6. The van der Waals surface area contributed by atoms with Gasteiger partial charge >= 0.3 is 0 Å². The van der Waals surface area contributed by atoms with Crippen molar-refractivity contribution in [1.29, 1.82) is 0 Å². The first kappa shape index (κ1) is 19.9. The number of phenols is 1. The average molecular weight is 436 g/mol. The van der Waals surface area contributed by atoms with Gasteiger partial charge in [-0.05, 0) is 30.5 Å². The molecule has 0 bridgehead atoms. The number of rotatable bonds is 5. The van der Waals surface area contributed by atoms with Crippen LogP contribution < -0.4 is 15.4 Å². The van der Waals surface area contributed by atoms with E-state index in [1.165, 1.54) is 10.4 Å². The highest BCUT2D eigenvalue weighted by Crippen LogP contribution is 2.43. The van der Waals surface area contributed by atoms with Crippen LogP contribution in [0.5, 0.6) is 11.5 Å². The maximum atomic E-state index is 13.0. The predicted molar refractivity (Wildman–Crippen MR) is 122 cm³/mol. The summed E-state index contributed by atoms with van der Waals surface area (Å²) < 4.78 is 5.50. The Balaban J connectivity index is 1.39. The number of aromatic hydroxyl groups is 1. The van der Waals surface area contributed by atoms with Gasteiger partial charge in [0.2, 0.25) is 0 Å². The second-order valence-electron chi connectivity index (χ2n) is 7.83. The normalized spacial score (nSPS) is 18.0. The summed E-state index contributed by atoms with van der Waals surface area (Å²) in [4.78, 5) is 16.7. The number of benzene rings is 2. The van der Waals surface area contributed by atoms with Crippen LogP contribution in [-0.2, 0) is 19.5 Å². The SMILES string of the molecule is CCOc1cccc([C@H]2NC(=O)c3c(sc4c3CCN(Cc3ccccc3)C4)N2)c1O. The highest BCUT2D eigenvalue weighted by Gasteiger charge is 2.34. The van der Waals surface area contributed by atoms with Crippen LogP contribution >= 0.6 is 11.3 Å². The minimum absolute atomic E-state index is 0.0564. The molecule has 0 saturated heterocycles. The molecule has 1 amide bonds. The summed E-state index contributed by atoms with van der Waals surface area (Å²) in [6.07, 6.45) is 0.361. The summed E-state index contributed by atoms with van der Waals surface area (Å²) in [7, 11) is 0. The van der Waals surface area contributed by atoms with Crippen molar-refractivity contribution >= 4 is 22.2 Å². The maximum absolute atomic E-state index is 13.0. The molecule has 1 atom stereocenters. The zero-order chi connectivity index (χ0) is 21.4. The number of para-hydroxylation sites is 1. The summed E-state index contributed by atoms with van der Waals surface area (Å²) in [6, 6.07) is 15.8. The summed E-state index contributed by atoms with van der Waals surface area (Å²) >= 11 is 1.65. The highest BCUT2D eigenvalue weighted by molar-refractivity contribution is 7.16. The minimum Gasteiger partial charge on any atom is -0.504 e. The van der Waals surface area contributed by atoms with E-state index in [2.05, 4.69) is 39.8 Å². The molecule has 2 aliphatic rings. The number of carbonyl (C=O) groups is 1. The van der Waals surface area contributed by atoms with E-state index in [9.17, 15) is 9.90 Å². The van der Waals surface area contributed by atoms with Crippen LogP contribution in [-0.4, -0.2) is 29.1 Å². The summed E-state index contributed by atoms with van der Waals surface area (Å²) in [6.45, 7) is 5.01. The third-order valence-corrected chi connectivity index (χ3v) is 6.95. The molecular weight excluding hydrogens is 410 g/mol. The highest BCUT2D eigenvalue weighted by atomic mass is 32.1. The molecule has 31 heavy (non-hydrogen) atoms. The number of thiophene rings is 1. The Morgan fingerprint density at radius 1 is 1.16 bits per heavy atom. The van der Waals surface area contributed by atoms with Gasteiger partial charge in [0.25, 0.3) is 5.91 Å². The predicted octanol–water partition coefficient (Wildman–Crippen LogP) is 4.26. The van der Waals surface area contributed by atoms with Crippen LogP contribution in [0.15, 0.2) is 48.5 Å². The van der Waals surface area contributed by atoms with Crippen LogP contribution in [0.3, 0.4) is 0 Å².